The number of aliphatic hydroxyl groups is 1. The van der Waals surface area contributed by atoms with Crippen LogP contribution in [0.3, 0.4) is 0 Å². The van der Waals surface area contributed by atoms with Gasteiger partial charge >= 0.3 is 0 Å². The molecule has 0 bridgehead atoms. The third-order valence-corrected chi connectivity index (χ3v) is 5.61. The summed E-state index contributed by atoms with van der Waals surface area (Å²) in [7, 11) is 1.59. The van der Waals surface area contributed by atoms with E-state index in [-0.39, 0.29) is 23.2 Å². The molecule has 0 unspecified atom stereocenters. The molecule has 2 atom stereocenters. The minimum Gasteiger partial charge on any atom is -0.507 e. The number of hydrogen-bond donors (Lipinski definition) is 2. The van der Waals surface area contributed by atoms with E-state index in [1.807, 2.05) is 53.7 Å². The Morgan fingerprint density at radius 3 is 2.36 bits per heavy atom. The van der Waals surface area contributed by atoms with E-state index in [0.29, 0.717) is 25.0 Å². The van der Waals surface area contributed by atoms with E-state index in [0.717, 1.165) is 40.7 Å². The summed E-state index contributed by atoms with van der Waals surface area (Å²) < 4.78 is 5.27. The standard InChI is InChI=1S/C28H40O5/c1-18(2)13-26(30)28(32)21(5)10-8-9-19(3)14-24(29)15-20(4)11-12-23-17-25(33-7)16-22(6)27(23)31/h11,13-14,16-17,21,28,31-32H,8-10,12,15H2,1-7H3/b19-14+,20-11+/t21-,28-/m1/s1. The number of ketones is 2. The number of rotatable bonds is 13. The molecule has 0 spiro atoms. The molecule has 2 N–H and O–H groups in total. The molecule has 0 fully saturated rings. The van der Waals surface area contributed by atoms with Crippen molar-refractivity contribution in [3.05, 3.63) is 58.2 Å². The number of benzene rings is 1. The summed E-state index contributed by atoms with van der Waals surface area (Å²) in [6.07, 6.45) is 7.26. The monoisotopic (exact) mass is 456 g/mol. The Morgan fingerprint density at radius 1 is 1.09 bits per heavy atom. The Bertz CT molecular complexity index is 916. The van der Waals surface area contributed by atoms with Crippen molar-refractivity contribution in [2.75, 3.05) is 7.11 Å². The number of phenols is 1. The van der Waals surface area contributed by atoms with Crippen molar-refractivity contribution in [2.24, 2.45) is 5.92 Å². The second-order valence-corrected chi connectivity index (χ2v) is 9.28. The Morgan fingerprint density at radius 2 is 1.76 bits per heavy atom. The normalized spacial score (nSPS) is 13.9. The van der Waals surface area contributed by atoms with E-state index >= 15 is 0 Å². The predicted molar refractivity (Wildman–Crippen MR) is 134 cm³/mol. The second-order valence-electron chi connectivity index (χ2n) is 9.28. The lowest BCUT2D eigenvalue weighted by atomic mass is 9.93. The zero-order valence-electron chi connectivity index (χ0n) is 21.2. The molecule has 0 aliphatic heterocycles. The van der Waals surface area contributed by atoms with E-state index < -0.39 is 6.10 Å². The maximum atomic E-state index is 12.4. The maximum Gasteiger partial charge on any atom is 0.184 e. The summed E-state index contributed by atoms with van der Waals surface area (Å²) in [5.74, 6) is 0.620. The Labute approximate surface area is 198 Å². The molecule has 0 radical (unpaired) electrons. The van der Waals surface area contributed by atoms with Crippen molar-refractivity contribution in [2.45, 2.75) is 79.8 Å². The van der Waals surface area contributed by atoms with Crippen LogP contribution >= 0.6 is 0 Å². The molecule has 0 heterocycles. The molecule has 0 saturated heterocycles. The summed E-state index contributed by atoms with van der Waals surface area (Å²) in [6.45, 7) is 11.2. The molecular weight excluding hydrogens is 416 g/mol. The fraction of sp³-hybridized carbons (Fsp3) is 0.500. The number of aliphatic hydroxyl groups excluding tert-OH is 1. The summed E-state index contributed by atoms with van der Waals surface area (Å²) in [5.41, 5.74) is 4.34. The maximum absolute atomic E-state index is 12.4. The SMILES string of the molecule is COc1cc(C)c(O)c(C/C=C(\C)CC(=O)/C=C(\C)CCC[C@@H](C)[C@@H](O)C(=O)C=C(C)C)c1. The number of allylic oxidation sites excluding steroid dienone is 5. The summed E-state index contributed by atoms with van der Waals surface area (Å²) in [4.78, 5) is 24.4. The molecule has 0 aliphatic rings. The second kappa shape index (κ2) is 13.8. The molecule has 1 rings (SSSR count). The van der Waals surface area contributed by atoms with Gasteiger partial charge in [-0.2, -0.15) is 0 Å². The molecule has 182 valence electrons. The van der Waals surface area contributed by atoms with Crippen molar-refractivity contribution in [3.63, 3.8) is 0 Å². The number of hydrogen-bond acceptors (Lipinski definition) is 5. The van der Waals surface area contributed by atoms with Crippen molar-refractivity contribution in [1.29, 1.82) is 0 Å². The fourth-order valence-corrected chi connectivity index (χ4v) is 3.63. The Kier molecular flexibility index (Phi) is 11.9. The zero-order chi connectivity index (χ0) is 25.1. The van der Waals surface area contributed by atoms with E-state index in [1.54, 1.807) is 19.3 Å². The molecule has 5 nitrogen and oxygen atoms in total. The first-order valence-electron chi connectivity index (χ1n) is 11.5. The van der Waals surface area contributed by atoms with Gasteiger partial charge in [0.25, 0.3) is 0 Å². The van der Waals surface area contributed by atoms with Crippen LogP contribution in [0.4, 0.5) is 0 Å². The van der Waals surface area contributed by atoms with Crippen molar-refractivity contribution < 1.29 is 24.5 Å². The predicted octanol–water partition coefficient (Wildman–Crippen LogP) is 5.81. The summed E-state index contributed by atoms with van der Waals surface area (Å²) >= 11 is 0. The quantitative estimate of drug-likeness (QED) is 0.289. The van der Waals surface area contributed by atoms with Crippen LogP contribution in [0.1, 0.15) is 71.4 Å². The van der Waals surface area contributed by atoms with Gasteiger partial charge in [-0.05, 0) is 96.1 Å². The lowest BCUT2D eigenvalue weighted by Crippen LogP contribution is -2.26. The van der Waals surface area contributed by atoms with E-state index in [2.05, 4.69) is 0 Å². The number of carbonyl (C=O) groups is 2. The van der Waals surface area contributed by atoms with Crippen molar-refractivity contribution in [3.8, 4) is 11.5 Å². The molecule has 5 heteroatoms. The molecule has 0 aromatic heterocycles. The van der Waals surface area contributed by atoms with Crippen LogP contribution < -0.4 is 4.74 Å². The molecule has 0 saturated carbocycles. The van der Waals surface area contributed by atoms with Crippen LogP contribution in [0.15, 0.2) is 47.1 Å². The van der Waals surface area contributed by atoms with Crippen molar-refractivity contribution in [1.82, 2.24) is 0 Å². The first-order valence-corrected chi connectivity index (χ1v) is 11.5. The average Bonchev–Trinajstić information content (AvgIpc) is 2.73. The van der Waals surface area contributed by atoms with Gasteiger partial charge < -0.3 is 14.9 Å². The van der Waals surface area contributed by atoms with Gasteiger partial charge in [-0.3, -0.25) is 9.59 Å². The Balaban J connectivity index is 2.56. The van der Waals surface area contributed by atoms with Crippen LogP contribution in [0.2, 0.25) is 0 Å². The number of ether oxygens (including phenoxy) is 1. The van der Waals surface area contributed by atoms with Gasteiger partial charge in [-0.15, -0.1) is 0 Å². The largest absolute Gasteiger partial charge is 0.507 e. The highest BCUT2D eigenvalue weighted by Crippen LogP contribution is 2.28. The van der Waals surface area contributed by atoms with Gasteiger partial charge in [0.1, 0.15) is 17.6 Å². The highest BCUT2D eigenvalue weighted by atomic mass is 16.5. The van der Waals surface area contributed by atoms with Gasteiger partial charge in [0, 0.05) is 12.0 Å². The van der Waals surface area contributed by atoms with Gasteiger partial charge in [0.05, 0.1) is 7.11 Å². The minimum atomic E-state index is -0.980. The summed E-state index contributed by atoms with van der Waals surface area (Å²) in [6, 6.07) is 3.60. The number of methoxy groups -OCH3 is 1. The summed E-state index contributed by atoms with van der Waals surface area (Å²) in [5, 5.41) is 20.4. The minimum absolute atomic E-state index is 0.0408. The molecule has 1 aromatic rings. The van der Waals surface area contributed by atoms with Crippen LogP contribution in [0.5, 0.6) is 11.5 Å². The van der Waals surface area contributed by atoms with Gasteiger partial charge in [0.2, 0.25) is 0 Å². The smallest absolute Gasteiger partial charge is 0.184 e. The lowest BCUT2D eigenvalue weighted by molar-refractivity contribution is -0.124. The first-order chi connectivity index (χ1) is 15.4. The van der Waals surface area contributed by atoms with Gasteiger partial charge in [0.15, 0.2) is 11.6 Å². The number of aryl methyl sites for hydroxylation is 1. The van der Waals surface area contributed by atoms with Crippen LogP contribution in [-0.2, 0) is 16.0 Å². The topological polar surface area (TPSA) is 83.8 Å². The highest BCUT2D eigenvalue weighted by Gasteiger charge is 2.20. The van der Waals surface area contributed by atoms with Crippen LogP contribution in [0, 0.1) is 12.8 Å². The zero-order valence-corrected chi connectivity index (χ0v) is 21.2. The van der Waals surface area contributed by atoms with E-state index in [1.165, 1.54) is 6.08 Å². The number of phenolic OH excluding ortho intramolecular Hbond substituents is 1. The number of aromatic hydroxyl groups is 1. The molecule has 1 aromatic carbocycles. The third-order valence-electron chi connectivity index (χ3n) is 5.61. The highest BCUT2D eigenvalue weighted by molar-refractivity contribution is 5.94. The third kappa shape index (κ3) is 10.2. The van der Waals surface area contributed by atoms with E-state index in [9.17, 15) is 19.8 Å². The molecular formula is C28H40O5. The first kappa shape index (κ1) is 28.4. The fourth-order valence-electron chi connectivity index (χ4n) is 3.63. The van der Waals surface area contributed by atoms with Crippen LogP contribution in [0.25, 0.3) is 0 Å². The average molecular weight is 457 g/mol. The molecule has 0 aliphatic carbocycles. The van der Waals surface area contributed by atoms with Gasteiger partial charge in [-0.25, -0.2) is 0 Å². The molecule has 33 heavy (non-hydrogen) atoms. The van der Waals surface area contributed by atoms with Gasteiger partial charge in [-0.1, -0.05) is 29.7 Å². The van der Waals surface area contributed by atoms with Crippen LogP contribution in [-0.4, -0.2) is 35.0 Å². The number of carbonyl (C=O) groups excluding carboxylic acids is 2. The van der Waals surface area contributed by atoms with Crippen molar-refractivity contribution >= 4 is 11.6 Å². The molecule has 0 amide bonds. The van der Waals surface area contributed by atoms with E-state index in [4.69, 9.17) is 4.74 Å². The lowest BCUT2D eigenvalue weighted by Gasteiger charge is -2.16. The Hall–Kier alpha value is -2.66.